The molecule has 2 nitrogen and oxygen atoms in total. The summed E-state index contributed by atoms with van der Waals surface area (Å²) >= 11 is 0. The Kier molecular flexibility index (Phi) is 4.61. The van der Waals surface area contributed by atoms with E-state index in [2.05, 4.69) is 6.08 Å². The molecule has 15 heavy (non-hydrogen) atoms. The van der Waals surface area contributed by atoms with E-state index in [1.165, 1.54) is 5.56 Å². The Hall–Kier alpha value is -1.57. The van der Waals surface area contributed by atoms with Gasteiger partial charge >= 0.3 is 0 Å². The fourth-order valence-corrected chi connectivity index (χ4v) is 1.31. The van der Waals surface area contributed by atoms with Gasteiger partial charge < -0.3 is 9.53 Å². The van der Waals surface area contributed by atoms with E-state index in [-0.39, 0.29) is 0 Å². The van der Waals surface area contributed by atoms with Crippen LogP contribution in [0.2, 0.25) is 0 Å². The topological polar surface area (TPSA) is 26.3 Å². The molecule has 2 heteroatoms. The van der Waals surface area contributed by atoms with Gasteiger partial charge in [0, 0.05) is 6.42 Å². The molecule has 0 bridgehead atoms. The van der Waals surface area contributed by atoms with Gasteiger partial charge in [-0.25, -0.2) is 0 Å². The van der Waals surface area contributed by atoms with Crippen molar-refractivity contribution in [3.05, 3.63) is 41.5 Å². The highest BCUT2D eigenvalue weighted by Gasteiger charge is 1.94. The van der Waals surface area contributed by atoms with Crippen molar-refractivity contribution in [1.29, 1.82) is 0 Å². The number of carbonyl (C=O) groups excluding carboxylic acids is 1. The van der Waals surface area contributed by atoms with E-state index in [9.17, 15) is 4.79 Å². The predicted molar refractivity (Wildman–Crippen MR) is 61.1 cm³/mol. The zero-order valence-electron chi connectivity index (χ0n) is 9.19. The molecule has 0 saturated heterocycles. The van der Waals surface area contributed by atoms with E-state index in [0.717, 1.165) is 24.0 Å². The number of allylic oxidation sites excluding steroid dienone is 2. The van der Waals surface area contributed by atoms with Crippen LogP contribution in [-0.2, 0) is 11.2 Å². The first-order valence-electron chi connectivity index (χ1n) is 4.98. The van der Waals surface area contributed by atoms with E-state index < -0.39 is 0 Å². The van der Waals surface area contributed by atoms with Gasteiger partial charge in [0.2, 0.25) is 0 Å². The standard InChI is InChI=1S/C13H16O2/c1-11(8-9-14)6-7-12-4-3-5-13(10-12)15-2/h3-6,9-10H,7-8H2,1-2H3/b11-6-. The Balaban J connectivity index is 2.64. The van der Waals surface area contributed by atoms with Crippen LogP contribution in [0.15, 0.2) is 35.9 Å². The second kappa shape index (κ2) is 6.02. The van der Waals surface area contributed by atoms with Crippen molar-refractivity contribution < 1.29 is 9.53 Å². The Morgan fingerprint density at radius 3 is 2.93 bits per heavy atom. The smallest absolute Gasteiger partial charge is 0.124 e. The van der Waals surface area contributed by atoms with E-state index in [1.807, 2.05) is 31.2 Å². The molecule has 0 fully saturated rings. The minimum absolute atomic E-state index is 0.518. The summed E-state index contributed by atoms with van der Waals surface area (Å²) in [6.45, 7) is 1.97. The third-order valence-electron chi connectivity index (χ3n) is 2.23. The van der Waals surface area contributed by atoms with Crippen molar-refractivity contribution in [1.82, 2.24) is 0 Å². The van der Waals surface area contributed by atoms with Crippen molar-refractivity contribution >= 4 is 6.29 Å². The highest BCUT2D eigenvalue weighted by atomic mass is 16.5. The SMILES string of the molecule is COc1cccc(C/C=C(/C)CC=O)c1. The first-order chi connectivity index (χ1) is 7.26. The van der Waals surface area contributed by atoms with Crippen LogP contribution in [0.5, 0.6) is 5.75 Å². The van der Waals surface area contributed by atoms with Gasteiger partial charge in [0.25, 0.3) is 0 Å². The molecular weight excluding hydrogens is 188 g/mol. The van der Waals surface area contributed by atoms with Gasteiger partial charge in [-0.1, -0.05) is 23.8 Å². The third kappa shape index (κ3) is 3.98. The second-order valence-corrected chi connectivity index (χ2v) is 3.48. The number of aldehydes is 1. The quantitative estimate of drug-likeness (QED) is 0.544. The number of ether oxygens (including phenoxy) is 1. The maximum atomic E-state index is 10.3. The van der Waals surface area contributed by atoms with Gasteiger partial charge in [0.05, 0.1) is 7.11 Å². The van der Waals surface area contributed by atoms with Crippen LogP contribution in [0.25, 0.3) is 0 Å². The fraction of sp³-hybridized carbons (Fsp3) is 0.308. The van der Waals surface area contributed by atoms with E-state index >= 15 is 0 Å². The molecule has 0 spiro atoms. The normalized spacial score (nSPS) is 11.2. The number of methoxy groups -OCH3 is 1. The van der Waals surface area contributed by atoms with Gasteiger partial charge in [-0.15, -0.1) is 0 Å². The average Bonchev–Trinajstić information content (AvgIpc) is 2.27. The predicted octanol–water partition coefficient (Wildman–Crippen LogP) is 2.77. The van der Waals surface area contributed by atoms with Crippen LogP contribution in [0.4, 0.5) is 0 Å². The van der Waals surface area contributed by atoms with E-state index in [0.29, 0.717) is 6.42 Å². The molecule has 0 unspecified atom stereocenters. The molecule has 0 saturated carbocycles. The van der Waals surface area contributed by atoms with Crippen LogP contribution >= 0.6 is 0 Å². The maximum Gasteiger partial charge on any atom is 0.124 e. The van der Waals surface area contributed by atoms with Crippen LogP contribution in [0, 0.1) is 0 Å². The van der Waals surface area contributed by atoms with Crippen LogP contribution in [0.3, 0.4) is 0 Å². The highest BCUT2D eigenvalue weighted by Crippen LogP contribution is 2.13. The van der Waals surface area contributed by atoms with Gasteiger partial charge in [-0.3, -0.25) is 0 Å². The first-order valence-corrected chi connectivity index (χ1v) is 4.98. The number of carbonyl (C=O) groups is 1. The lowest BCUT2D eigenvalue weighted by molar-refractivity contribution is -0.107. The molecule has 0 N–H and O–H groups in total. The molecule has 0 aliphatic carbocycles. The molecule has 0 aromatic heterocycles. The summed E-state index contributed by atoms with van der Waals surface area (Å²) in [5.41, 5.74) is 2.30. The monoisotopic (exact) mass is 204 g/mol. The molecule has 0 heterocycles. The highest BCUT2D eigenvalue weighted by molar-refractivity contribution is 5.53. The maximum absolute atomic E-state index is 10.3. The summed E-state index contributed by atoms with van der Waals surface area (Å²) in [5, 5.41) is 0. The first kappa shape index (κ1) is 11.5. The molecule has 0 radical (unpaired) electrons. The summed E-state index contributed by atoms with van der Waals surface area (Å²) in [7, 11) is 1.66. The van der Waals surface area contributed by atoms with Crippen molar-refractivity contribution in [3.63, 3.8) is 0 Å². The Morgan fingerprint density at radius 2 is 2.27 bits per heavy atom. The summed E-state index contributed by atoms with van der Waals surface area (Å²) < 4.78 is 5.13. The molecule has 1 rings (SSSR count). The lowest BCUT2D eigenvalue weighted by Gasteiger charge is -2.02. The number of benzene rings is 1. The molecule has 80 valence electrons. The molecular formula is C13H16O2. The molecule has 1 aromatic rings. The third-order valence-corrected chi connectivity index (χ3v) is 2.23. The van der Waals surface area contributed by atoms with Gasteiger partial charge in [-0.2, -0.15) is 0 Å². The number of rotatable bonds is 5. The Bertz CT molecular complexity index is 353. The van der Waals surface area contributed by atoms with E-state index in [1.54, 1.807) is 7.11 Å². The molecule has 0 aliphatic heterocycles. The number of hydrogen-bond donors (Lipinski definition) is 0. The Morgan fingerprint density at radius 1 is 1.47 bits per heavy atom. The summed E-state index contributed by atoms with van der Waals surface area (Å²) in [5.74, 6) is 0.869. The van der Waals surface area contributed by atoms with Crippen LogP contribution < -0.4 is 4.74 Å². The minimum Gasteiger partial charge on any atom is -0.497 e. The van der Waals surface area contributed by atoms with Crippen molar-refractivity contribution in [2.75, 3.05) is 7.11 Å². The average molecular weight is 204 g/mol. The van der Waals surface area contributed by atoms with E-state index in [4.69, 9.17) is 4.74 Å². The summed E-state index contributed by atoms with van der Waals surface area (Å²) in [6.07, 6.45) is 4.36. The lowest BCUT2D eigenvalue weighted by Crippen LogP contribution is -1.87. The van der Waals surface area contributed by atoms with Gasteiger partial charge in [0.15, 0.2) is 0 Å². The minimum atomic E-state index is 0.518. The molecule has 0 atom stereocenters. The summed E-state index contributed by atoms with van der Waals surface area (Å²) in [4.78, 5) is 10.3. The molecule has 1 aromatic carbocycles. The zero-order valence-corrected chi connectivity index (χ0v) is 9.19. The van der Waals surface area contributed by atoms with Gasteiger partial charge in [-0.05, 0) is 31.0 Å². The Labute approximate surface area is 90.6 Å². The summed E-state index contributed by atoms with van der Waals surface area (Å²) in [6, 6.07) is 7.94. The van der Waals surface area contributed by atoms with Crippen LogP contribution in [-0.4, -0.2) is 13.4 Å². The van der Waals surface area contributed by atoms with Crippen molar-refractivity contribution in [2.45, 2.75) is 19.8 Å². The second-order valence-electron chi connectivity index (χ2n) is 3.48. The molecule has 0 aliphatic rings. The van der Waals surface area contributed by atoms with Crippen molar-refractivity contribution in [2.24, 2.45) is 0 Å². The fourth-order valence-electron chi connectivity index (χ4n) is 1.31. The lowest BCUT2D eigenvalue weighted by atomic mass is 10.1. The molecule has 0 amide bonds. The largest absolute Gasteiger partial charge is 0.497 e. The van der Waals surface area contributed by atoms with Crippen molar-refractivity contribution in [3.8, 4) is 5.75 Å². The zero-order chi connectivity index (χ0) is 11.1. The van der Waals surface area contributed by atoms with Crippen LogP contribution in [0.1, 0.15) is 18.9 Å². The number of hydrogen-bond acceptors (Lipinski definition) is 2. The van der Waals surface area contributed by atoms with Gasteiger partial charge in [0.1, 0.15) is 12.0 Å².